The first-order valence-electron chi connectivity index (χ1n) is 3.26. The molecule has 5 heteroatoms. The van der Waals surface area contributed by atoms with Crippen LogP contribution in [0.25, 0.3) is 0 Å². The summed E-state index contributed by atoms with van der Waals surface area (Å²) >= 11 is 0. The van der Waals surface area contributed by atoms with E-state index in [0.29, 0.717) is 6.10 Å². The molecule has 69 valence electrons. The van der Waals surface area contributed by atoms with E-state index in [-0.39, 0.29) is 37.2 Å². The van der Waals surface area contributed by atoms with Crippen molar-refractivity contribution in [1.82, 2.24) is 0 Å². The molecule has 1 nitrogen and oxygen atoms in total. The Bertz CT molecular complexity index is 68.8. The first kappa shape index (κ1) is 18.0. The summed E-state index contributed by atoms with van der Waals surface area (Å²) in [6.07, 6.45) is 7.06. The van der Waals surface area contributed by atoms with Crippen LogP contribution in [-0.2, 0) is 4.43 Å². The zero-order valence-electron chi connectivity index (χ0n) is 6.25. The van der Waals surface area contributed by atoms with Crippen LogP contribution in [0.1, 0.15) is 32.1 Å². The first-order valence-corrected chi connectivity index (χ1v) is 3.66. The van der Waals surface area contributed by atoms with Crippen molar-refractivity contribution in [3.8, 4) is 0 Å². The van der Waals surface area contributed by atoms with Crippen LogP contribution in [0, 0.1) is 0 Å². The maximum Gasteiger partial charge on any atom is 0.246 e. The number of rotatable bonds is 1. The van der Waals surface area contributed by atoms with Crippen LogP contribution >= 0.6 is 37.2 Å². The van der Waals surface area contributed by atoms with Crippen LogP contribution in [0.3, 0.4) is 0 Å². The van der Waals surface area contributed by atoms with Crippen LogP contribution in [0.2, 0.25) is 0 Å². The summed E-state index contributed by atoms with van der Waals surface area (Å²) in [4.78, 5) is 0. The van der Waals surface area contributed by atoms with Gasteiger partial charge in [-0.2, -0.15) is 0 Å². The molecule has 0 spiro atoms. The average molecular weight is 237 g/mol. The largest absolute Gasteiger partial charge is 0.416 e. The fraction of sp³-hybridized carbons (Fsp3) is 1.00. The van der Waals surface area contributed by atoms with Crippen LogP contribution in [0.15, 0.2) is 0 Å². The van der Waals surface area contributed by atoms with Gasteiger partial charge in [0.05, 0.1) is 0 Å². The molecule has 0 aromatic rings. The predicted molar refractivity (Wildman–Crippen MR) is 55.5 cm³/mol. The molecule has 3 radical (unpaired) electrons. The lowest BCUT2D eigenvalue weighted by Crippen LogP contribution is -2.14. The number of halogens is 3. The van der Waals surface area contributed by atoms with Crippen molar-refractivity contribution in [3.63, 3.8) is 0 Å². The molecule has 0 N–H and O–H groups in total. The Morgan fingerprint density at radius 1 is 0.909 bits per heavy atom. The van der Waals surface area contributed by atoms with Gasteiger partial charge in [0, 0.05) is 6.10 Å². The van der Waals surface area contributed by atoms with Gasteiger partial charge in [-0.25, -0.2) is 0 Å². The molecule has 0 bridgehead atoms. The van der Waals surface area contributed by atoms with E-state index in [1.807, 2.05) is 0 Å². The van der Waals surface area contributed by atoms with E-state index in [1.54, 1.807) is 0 Å². The third kappa shape index (κ3) is 7.41. The Morgan fingerprint density at radius 3 is 1.64 bits per heavy atom. The van der Waals surface area contributed by atoms with Gasteiger partial charge in [-0.15, -0.1) is 37.2 Å². The van der Waals surface area contributed by atoms with Crippen LogP contribution < -0.4 is 0 Å². The van der Waals surface area contributed by atoms with Crippen molar-refractivity contribution in [3.05, 3.63) is 0 Å². The molecule has 1 fully saturated rings. The summed E-state index contributed by atoms with van der Waals surface area (Å²) in [6, 6.07) is 0. The lowest BCUT2D eigenvalue weighted by Gasteiger charge is -2.19. The van der Waals surface area contributed by atoms with Gasteiger partial charge in [-0.05, 0) is 12.8 Å². The topological polar surface area (TPSA) is 9.23 Å². The lowest BCUT2D eigenvalue weighted by atomic mass is 9.98. The molecule has 0 aromatic heterocycles. The third-order valence-corrected chi connectivity index (χ3v) is 2.05. The van der Waals surface area contributed by atoms with Gasteiger partial charge >= 0.3 is 0 Å². The smallest absolute Gasteiger partial charge is 0.246 e. The second-order valence-electron chi connectivity index (χ2n) is 2.38. The van der Waals surface area contributed by atoms with E-state index in [2.05, 4.69) is 10.5 Å². The van der Waals surface area contributed by atoms with E-state index in [1.165, 1.54) is 32.1 Å². The zero-order chi connectivity index (χ0) is 5.82. The molecule has 1 aliphatic carbocycles. The summed E-state index contributed by atoms with van der Waals surface area (Å²) in [6.45, 7) is 0. The first-order chi connectivity index (χ1) is 3.93. The minimum atomic E-state index is 0. The van der Waals surface area contributed by atoms with Crippen molar-refractivity contribution in [1.29, 1.82) is 0 Å². The molecule has 11 heavy (non-hydrogen) atoms. The Labute approximate surface area is 90.4 Å². The Hall–Kier alpha value is 1.05. The average Bonchev–Trinajstić information content (AvgIpc) is 1.90. The SMILES string of the molecule is Cl.Cl.Cl.[Si]OC1CCCCC1. The molecular weight excluding hydrogens is 223 g/mol. The summed E-state index contributed by atoms with van der Waals surface area (Å²) in [7, 11) is 3.06. The van der Waals surface area contributed by atoms with E-state index in [9.17, 15) is 0 Å². The highest BCUT2D eigenvalue weighted by molar-refractivity contribution is 5.98. The van der Waals surface area contributed by atoms with E-state index < -0.39 is 0 Å². The highest BCUT2D eigenvalue weighted by Crippen LogP contribution is 2.18. The van der Waals surface area contributed by atoms with Crippen LogP contribution in [-0.4, -0.2) is 16.6 Å². The van der Waals surface area contributed by atoms with Gasteiger partial charge in [0.2, 0.25) is 10.5 Å². The number of hydrogen-bond acceptors (Lipinski definition) is 1. The summed E-state index contributed by atoms with van der Waals surface area (Å²) in [5.41, 5.74) is 0. The normalized spacial score (nSPS) is 17.2. The van der Waals surface area contributed by atoms with Gasteiger partial charge < -0.3 is 4.43 Å². The van der Waals surface area contributed by atoms with E-state index in [0.717, 1.165) is 0 Å². The molecule has 0 unspecified atom stereocenters. The van der Waals surface area contributed by atoms with E-state index >= 15 is 0 Å². The minimum absolute atomic E-state index is 0. The molecule has 1 aliphatic rings. The van der Waals surface area contributed by atoms with Crippen LogP contribution in [0.5, 0.6) is 0 Å². The molecule has 1 rings (SSSR count). The second kappa shape index (κ2) is 11.0. The summed E-state index contributed by atoms with van der Waals surface area (Å²) < 4.78 is 5.00. The quantitative estimate of drug-likeness (QED) is 0.636. The molecule has 0 saturated heterocycles. The molecule has 1 saturated carbocycles. The summed E-state index contributed by atoms with van der Waals surface area (Å²) in [5.74, 6) is 0. The zero-order valence-corrected chi connectivity index (χ0v) is 9.70. The lowest BCUT2D eigenvalue weighted by molar-refractivity contribution is 0.169. The Morgan fingerprint density at radius 2 is 1.36 bits per heavy atom. The molecular formula is C6H14Cl3OSi. The number of hydrogen-bond donors (Lipinski definition) is 0. The fourth-order valence-electron chi connectivity index (χ4n) is 1.18. The Balaban J connectivity index is -0.000000213. The molecule has 0 heterocycles. The van der Waals surface area contributed by atoms with Crippen molar-refractivity contribution in [2.45, 2.75) is 38.2 Å². The molecule has 0 amide bonds. The molecule has 0 atom stereocenters. The highest BCUT2D eigenvalue weighted by Gasteiger charge is 2.10. The molecule has 0 aliphatic heterocycles. The van der Waals surface area contributed by atoms with Crippen molar-refractivity contribution >= 4 is 47.7 Å². The van der Waals surface area contributed by atoms with Crippen LogP contribution in [0.4, 0.5) is 0 Å². The van der Waals surface area contributed by atoms with Gasteiger partial charge in [-0.1, -0.05) is 19.3 Å². The van der Waals surface area contributed by atoms with E-state index in [4.69, 9.17) is 4.43 Å². The Kier molecular flexibility index (Phi) is 18.0. The van der Waals surface area contributed by atoms with Crippen molar-refractivity contribution in [2.24, 2.45) is 0 Å². The predicted octanol–water partition coefficient (Wildman–Crippen LogP) is 2.68. The second-order valence-corrected chi connectivity index (χ2v) is 2.61. The fourth-order valence-corrected chi connectivity index (χ4v) is 1.42. The standard InChI is InChI=1S/C6H11OSi.3ClH/c8-7-6-4-2-1-3-5-6;;;/h6H,1-5H2;3*1H. The monoisotopic (exact) mass is 235 g/mol. The van der Waals surface area contributed by atoms with Gasteiger partial charge in [0.25, 0.3) is 0 Å². The maximum absolute atomic E-state index is 5.00. The molecule has 0 aromatic carbocycles. The summed E-state index contributed by atoms with van der Waals surface area (Å²) in [5, 5.41) is 0. The minimum Gasteiger partial charge on any atom is -0.416 e. The van der Waals surface area contributed by atoms with Crippen molar-refractivity contribution in [2.75, 3.05) is 0 Å². The van der Waals surface area contributed by atoms with Crippen molar-refractivity contribution < 1.29 is 4.43 Å². The van der Waals surface area contributed by atoms with Gasteiger partial charge in [-0.3, -0.25) is 0 Å². The highest BCUT2D eigenvalue weighted by atomic mass is 35.5. The third-order valence-electron chi connectivity index (χ3n) is 1.72. The van der Waals surface area contributed by atoms with Gasteiger partial charge in [0.1, 0.15) is 0 Å². The van der Waals surface area contributed by atoms with Gasteiger partial charge in [0.15, 0.2) is 0 Å². The maximum atomic E-state index is 5.00.